The van der Waals surface area contributed by atoms with E-state index in [4.69, 9.17) is 23.7 Å². The fraction of sp³-hybridized carbons (Fsp3) is 0.565. The van der Waals surface area contributed by atoms with Crippen molar-refractivity contribution in [3.05, 3.63) is 67.9 Å². The fourth-order valence-corrected chi connectivity index (χ4v) is 10.6. The van der Waals surface area contributed by atoms with E-state index < -0.39 is 30.2 Å². The maximum absolute atomic E-state index is 13.7. The van der Waals surface area contributed by atoms with Crippen LogP contribution in [-0.2, 0) is 36.9 Å². The molecular formula is C46H56N2O11. The number of allylic oxidation sites excluding steroid dienone is 3. The minimum absolute atomic E-state index is 0.00456. The van der Waals surface area contributed by atoms with Gasteiger partial charge in [0.15, 0.2) is 6.29 Å². The number of carbonyl (C=O) groups excluding carboxylic acids is 3. The summed E-state index contributed by atoms with van der Waals surface area (Å²) in [6, 6.07) is 5.86. The minimum Gasteiger partial charge on any atom is -0.492 e. The molecule has 2 aromatic rings. The summed E-state index contributed by atoms with van der Waals surface area (Å²) in [5.41, 5.74) is 2.08. The molecule has 6 aliphatic rings. The normalized spacial score (nSPS) is 27.4. The predicted molar refractivity (Wildman–Crippen MR) is 216 cm³/mol. The lowest BCUT2D eigenvalue weighted by Gasteiger charge is -2.51. The molecule has 0 spiro atoms. The molecule has 4 heterocycles. The average Bonchev–Trinajstić information content (AvgIpc) is 3.92. The molecule has 0 bridgehead atoms. The summed E-state index contributed by atoms with van der Waals surface area (Å²) in [6.45, 7) is 5.12. The number of nitrogens with zero attached hydrogens (tertiary/aromatic N) is 2. The van der Waals surface area contributed by atoms with Crippen molar-refractivity contribution in [2.24, 2.45) is 16.8 Å². The molecule has 3 N–H and O–H groups in total. The standard InChI is InChI=1S/C46H56N2O11/c1-3-56-45(53)44-33(25-50)39(29-9-11-37(52)31(22-29)27-8-10-36-28(21-27)12-15-47-36)40-42(57-20-6-18-49)32-23-38(58-41(32)34(26-51)43(40)59-44)46(54)14-4-7-30-24-48(16-5-19-55-2)17-13-35(30)46/h8,10,12,21,25,30-31,35,38,49,51,54H,3-7,9,11,13-20,22-24,26H2,1-2H3. The van der Waals surface area contributed by atoms with Crippen molar-refractivity contribution in [2.75, 3.05) is 59.7 Å². The lowest BCUT2D eigenvalue weighted by molar-refractivity contribution is -0.151. The van der Waals surface area contributed by atoms with Crippen molar-refractivity contribution in [3.8, 4) is 17.2 Å². The number of ether oxygens (including phenoxy) is 5. The number of Topliss-reactive ketones (excluding diaryl/α,β-unsaturated/α-hetero) is 1. The third-order valence-corrected chi connectivity index (χ3v) is 13.3. The summed E-state index contributed by atoms with van der Waals surface area (Å²) in [5, 5.41) is 35.7. The van der Waals surface area contributed by atoms with Crippen molar-refractivity contribution in [1.82, 2.24) is 4.90 Å². The second-order valence-corrected chi connectivity index (χ2v) is 16.6. The van der Waals surface area contributed by atoms with Gasteiger partial charge in [-0.15, -0.1) is 0 Å². The highest BCUT2D eigenvalue weighted by Gasteiger charge is 2.55. The van der Waals surface area contributed by atoms with Crippen LogP contribution in [0.15, 0.2) is 40.1 Å². The maximum atomic E-state index is 13.7. The van der Waals surface area contributed by atoms with Gasteiger partial charge in [0.1, 0.15) is 34.7 Å². The van der Waals surface area contributed by atoms with Gasteiger partial charge in [0, 0.05) is 69.7 Å². The van der Waals surface area contributed by atoms with E-state index in [1.165, 1.54) is 0 Å². The zero-order valence-corrected chi connectivity index (χ0v) is 34.1. The minimum atomic E-state index is -1.17. The van der Waals surface area contributed by atoms with Crippen LogP contribution in [0.1, 0.15) is 92.9 Å². The van der Waals surface area contributed by atoms with Crippen molar-refractivity contribution in [3.63, 3.8) is 0 Å². The zero-order valence-electron chi connectivity index (χ0n) is 34.1. The van der Waals surface area contributed by atoms with E-state index in [1.54, 1.807) is 14.0 Å². The van der Waals surface area contributed by atoms with Gasteiger partial charge in [-0.2, -0.15) is 0 Å². The predicted octanol–water partition coefficient (Wildman–Crippen LogP) is 3.25. The monoisotopic (exact) mass is 812 g/mol. The Morgan fingerprint density at radius 1 is 1.12 bits per heavy atom. The molecule has 13 heteroatoms. The number of aliphatic hydroxyl groups excluding tert-OH is 2. The van der Waals surface area contributed by atoms with Gasteiger partial charge in [0.25, 0.3) is 0 Å². The molecular weight excluding hydrogens is 757 g/mol. The van der Waals surface area contributed by atoms with Gasteiger partial charge in [0.2, 0.25) is 5.76 Å². The highest BCUT2D eigenvalue weighted by molar-refractivity contribution is 6.11. The number of piperidine rings is 1. The van der Waals surface area contributed by atoms with Crippen LogP contribution in [0.2, 0.25) is 0 Å². The molecule has 3 fully saturated rings. The van der Waals surface area contributed by atoms with E-state index in [9.17, 15) is 29.7 Å². The second-order valence-electron chi connectivity index (χ2n) is 16.6. The zero-order chi connectivity index (χ0) is 41.3. The topological polar surface area (TPSA) is 174 Å². The Hall–Kier alpha value is -4.40. The van der Waals surface area contributed by atoms with E-state index in [2.05, 4.69) is 9.89 Å². The molecule has 2 saturated carbocycles. The van der Waals surface area contributed by atoms with Crippen LogP contribution < -0.4 is 24.8 Å². The fourth-order valence-electron chi connectivity index (χ4n) is 10.6. The number of aliphatic hydroxyl groups is 3. The molecule has 1 saturated heterocycles. The second kappa shape index (κ2) is 17.7. The van der Waals surface area contributed by atoms with Crippen molar-refractivity contribution < 1.29 is 53.4 Å². The molecule has 0 radical (unpaired) electrons. The lowest BCUT2D eigenvalue weighted by Crippen LogP contribution is -2.59. The van der Waals surface area contributed by atoms with E-state index in [0.29, 0.717) is 66.9 Å². The number of carbonyl (C=O) groups is 3. The number of ketones is 1. The number of aldehydes is 1. The molecule has 0 aromatic heterocycles. The van der Waals surface area contributed by atoms with Crippen LogP contribution in [0, 0.1) is 11.8 Å². The summed E-state index contributed by atoms with van der Waals surface area (Å²) in [4.78, 5) is 47.7. The summed E-state index contributed by atoms with van der Waals surface area (Å²) in [5.74, 6) is -0.572. The number of esters is 1. The molecule has 316 valence electrons. The Kier molecular flexibility index (Phi) is 12.4. The number of fused-ring (bicyclic) bond motifs is 4. The number of benzene rings is 2. The number of likely N-dealkylation sites (tertiary alicyclic amines) is 1. The molecule has 0 amide bonds. The van der Waals surface area contributed by atoms with Gasteiger partial charge >= 0.3 is 5.97 Å². The Bertz CT molecular complexity index is 2180. The quantitative estimate of drug-likeness (QED) is 0.145. The number of methoxy groups -OCH3 is 1. The van der Waals surface area contributed by atoms with Gasteiger partial charge in [-0.05, 0) is 86.7 Å². The van der Waals surface area contributed by atoms with Gasteiger partial charge in [0.05, 0.1) is 48.4 Å². The van der Waals surface area contributed by atoms with Crippen LogP contribution in [0.5, 0.6) is 17.2 Å². The third-order valence-electron chi connectivity index (χ3n) is 13.3. The first-order valence-corrected chi connectivity index (χ1v) is 21.4. The van der Waals surface area contributed by atoms with Crippen molar-refractivity contribution >= 4 is 29.7 Å². The van der Waals surface area contributed by atoms with E-state index >= 15 is 0 Å². The van der Waals surface area contributed by atoms with Crippen LogP contribution in [-0.4, -0.2) is 110 Å². The average molecular weight is 813 g/mol. The first kappa shape index (κ1) is 41.3. The van der Waals surface area contributed by atoms with Crippen LogP contribution >= 0.6 is 0 Å². The smallest absolute Gasteiger partial charge is 0.375 e. The third kappa shape index (κ3) is 7.65. The number of rotatable bonds is 14. The van der Waals surface area contributed by atoms with E-state index in [1.807, 2.05) is 24.3 Å². The van der Waals surface area contributed by atoms with Crippen molar-refractivity contribution in [2.45, 2.75) is 95.4 Å². The van der Waals surface area contributed by atoms with Crippen LogP contribution in [0.3, 0.4) is 0 Å². The molecule has 59 heavy (non-hydrogen) atoms. The molecule has 5 unspecified atom stereocenters. The van der Waals surface area contributed by atoms with Gasteiger partial charge in [-0.1, -0.05) is 24.1 Å². The summed E-state index contributed by atoms with van der Waals surface area (Å²) < 4.78 is 30.5. The van der Waals surface area contributed by atoms with Gasteiger partial charge in [-0.25, -0.2) is 4.79 Å². The first-order valence-electron chi connectivity index (χ1n) is 21.4. The number of hydrogen-bond acceptors (Lipinski definition) is 13. The van der Waals surface area contributed by atoms with Crippen LogP contribution in [0.25, 0.3) is 11.6 Å². The van der Waals surface area contributed by atoms with Crippen LogP contribution in [0.4, 0.5) is 0 Å². The molecule has 2 aromatic carbocycles. The first-order chi connectivity index (χ1) is 28.7. The Morgan fingerprint density at radius 3 is 2.76 bits per heavy atom. The Morgan fingerprint density at radius 2 is 1.98 bits per heavy atom. The summed E-state index contributed by atoms with van der Waals surface area (Å²) >= 11 is 0. The van der Waals surface area contributed by atoms with Gasteiger partial charge < -0.3 is 43.9 Å². The SMILES string of the molecule is CCOC(=O)C1=C(C=O)C(=C2CCC(=O)C(c3ccc4c(c3)=CCN=4)C2)c2c(OCCCO)c3c(c(CO)c2O1)OC(C1(O)CCCC2CN(CCCOC)CCC21)C3. The summed E-state index contributed by atoms with van der Waals surface area (Å²) in [6.07, 6.45) is 7.50. The Balaban J connectivity index is 1.25. The summed E-state index contributed by atoms with van der Waals surface area (Å²) in [7, 11) is 1.72. The van der Waals surface area contributed by atoms with Crippen molar-refractivity contribution in [1.29, 1.82) is 0 Å². The maximum Gasteiger partial charge on any atom is 0.375 e. The van der Waals surface area contributed by atoms with E-state index in [-0.39, 0.29) is 79.3 Å². The Labute approximate surface area is 344 Å². The lowest BCUT2D eigenvalue weighted by atomic mass is 9.63. The largest absolute Gasteiger partial charge is 0.492 e. The number of hydrogen-bond donors (Lipinski definition) is 3. The molecule has 4 aliphatic heterocycles. The molecule has 8 rings (SSSR count). The highest BCUT2D eigenvalue weighted by atomic mass is 16.6. The molecule has 5 atom stereocenters. The molecule has 2 aliphatic carbocycles. The molecule has 13 nitrogen and oxygen atoms in total. The van der Waals surface area contributed by atoms with E-state index in [0.717, 1.165) is 67.0 Å². The van der Waals surface area contributed by atoms with Gasteiger partial charge in [-0.3, -0.25) is 14.6 Å². The highest BCUT2D eigenvalue weighted by Crippen LogP contribution is 2.58.